The van der Waals surface area contributed by atoms with Gasteiger partial charge in [0.2, 0.25) is 0 Å². The average molecular weight is 184 g/mol. The number of aromatic hydroxyl groups is 1. The third kappa shape index (κ3) is 2.76. The smallest absolute Gasteiger partial charge is 0.320 e. The minimum Gasteiger partial charge on any atom is -0.508 e. The van der Waals surface area contributed by atoms with E-state index < -0.39 is 18.4 Å². The van der Waals surface area contributed by atoms with Gasteiger partial charge in [-0.05, 0) is 24.1 Å². The predicted molar refractivity (Wildman–Crippen MR) is 47.4 cm³/mol. The fraction of sp³-hybridized carbons (Fsp3) is 0.222. The van der Waals surface area contributed by atoms with Gasteiger partial charge in [-0.1, -0.05) is 12.1 Å². The van der Waals surface area contributed by atoms with Crippen LogP contribution in [0.3, 0.4) is 0 Å². The van der Waals surface area contributed by atoms with E-state index in [1.807, 2.05) is 0 Å². The average Bonchev–Trinajstić information content (AvgIpc) is 2.14. The lowest BCUT2D eigenvalue weighted by Crippen LogP contribution is -2.32. The minimum absolute atomic E-state index is 0.114. The van der Waals surface area contributed by atoms with Crippen molar-refractivity contribution in [2.75, 3.05) is 0 Å². The summed E-state index contributed by atoms with van der Waals surface area (Å²) in [7, 11) is 0. The zero-order valence-corrected chi connectivity index (χ0v) is 6.69. The van der Waals surface area contributed by atoms with E-state index in [1.54, 1.807) is 0 Å². The van der Waals surface area contributed by atoms with E-state index in [-0.39, 0.29) is 17.4 Å². The van der Waals surface area contributed by atoms with Crippen molar-refractivity contribution in [2.45, 2.75) is 12.4 Å². The van der Waals surface area contributed by atoms with Crippen molar-refractivity contribution in [3.05, 3.63) is 29.8 Å². The molecule has 13 heavy (non-hydrogen) atoms. The maximum absolute atomic E-state index is 10.6. The molecule has 0 unspecified atom stereocenters. The number of nitrogens with two attached hydrogens (primary N) is 1. The van der Waals surface area contributed by atoms with Gasteiger partial charge in [0.05, 0.1) is 1.37 Å². The molecule has 1 rings (SSSR count). The summed E-state index contributed by atoms with van der Waals surface area (Å²) in [5, 5.41) is 17.8. The van der Waals surface area contributed by atoms with Crippen LogP contribution in [0.15, 0.2) is 24.2 Å². The second-order valence-corrected chi connectivity index (χ2v) is 2.44. The molecule has 0 aromatic heterocycles. The molecule has 0 heterocycles. The predicted octanol–water partition coefficient (Wildman–Crippen LogP) is 0.347. The highest BCUT2D eigenvalue weighted by Gasteiger charge is 2.11. The van der Waals surface area contributed by atoms with Crippen molar-refractivity contribution in [3.63, 3.8) is 0 Å². The topological polar surface area (TPSA) is 83.5 Å². The molecule has 0 saturated carbocycles. The second-order valence-electron chi connectivity index (χ2n) is 2.44. The van der Waals surface area contributed by atoms with Crippen LogP contribution in [0.4, 0.5) is 0 Å². The molecule has 4 nitrogen and oxygen atoms in total. The maximum atomic E-state index is 10.6. The molecule has 0 fully saturated rings. The van der Waals surface area contributed by atoms with Crippen LogP contribution in [0.5, 0.6) is 5.75 Å². The highest BCUT2D eigenvalue weighted by atomic mass is 16.4. The van der Waals surface area contributed by atoms with Crippen LogP contribution in [0, 0.1) is 0 Å². The Morgan fingerprint density at radius 2 is 2.46 bits per heavy atom. The molecule has 1 atom stereocenters. The van der Waals surface area contributed by atoms with Crippen LogP contribution in [0.25, 0.3) is 0 Å². The van der Waals surface area contributed by atoms with Crippen LogP contribution in [-0.2, 0) is 11.2 Å². The molecule has 0 amide bonds. The summed E-state index contributed by atoms with van der Waals surface area (Å²) < 4.78 is 22.4. The number of benzene rings is 1. The van der Waals surface area contributed by atoms with Crippen LogP contribution >= 0.6 is 0 Å². The van der Waals surface area contributed by atoms with Crippen molar-refractivity contribution in [3.8, 4) is 5.75 Å². The standard InChI is InChI=1S/C9H11NO3/c10-8(9(12)13)5-6-2-1-3-7(11)4-6/h1-4,8,11H,5,10H2,(H,12,13)/t8-/m0/s1/i1D,5D2. The molecular formula is C9H11NO3. The van der Waals surface area contributed by atoms with E-state index in [0.717, 1.165) is 18.2 Å². The normalized spacial score (nSPS) is 16.8. The minimum atomic E-state index is -2.35. The van der Waals surface area contributed by atoms with Crippen molar-refractivity contribution in [2.24, 2.45) is 5.73 Å². The van der Waals surface area contributed by atoms with Gasteiger partial charge >= 0.3 is 5.97 Å². The zero-order valence-electron chi connectivity index (χ0n) is 9.69. The van der Waals surface area contributed by atoms with Gasteiger partial charge in [-0.3, -0.25) is 4.79 Å². The molecule has 0 radical (unpaired) electrons. The fourth-order valence-electron chi connectivity index (χ4n) is 0.784. The van der Waals surface area contributed by atoms with Gasteiger partial charge < -0.3 is 15.9 Å². The fourth-order valence-corrected chi connectivity index (χ4v) is 0.784. The molecule has 0 aliphatic carbocycles. The summed E-state index contributed by atoms with van der Waals surface area (Å²) >= 11 is 0. The number of rotatable bonds is 3. The maximum Gasteiger partial charge on any atom is 0.320 e. The number of aliphatic carboxylic acids is 1. The largest absolute Gasteiger partial charge is 0.508 e. The number of carboxylic acid groups (broad SMARTS) is 1. The molecule has 4 heteroatoms. The Morgan fingerprint density at radius 3 is 3.00 bits per heavy atom. The van der Waals surface area contributed by atoms with Gasteiger partial charge in [0.1, 0.15) is 11.8 Å². The quantitative estimate of drug-likeness (QED) is 0.632. The van der Waals surface area contributed by atoms with Gasteiger partial charge in [0, 0.05) is 2.74 Å². The van der Waals surface area contributed by atoms with Gasteiger partial charge in [-0.25, -0.2) is 0 Å². The molecular weight excluding hydrogens is 170 g/mol. The summed E-state index contributed by atoms with van der Waals surface area (Å²) in [6.07, 6.45) is -2.35. The first-order valence-electron chi connectivity index (χ1n) is 5.04. The Bertz CT molecular complexity index is 402. The molecule has 0 spiro atoms. The SMILES string of the molecule is [2H]c1cc(O)cc(C([2H])([2H])[C@H](N)C(=O)O)c1. The van der Waals surface area contributed by atoms with Crippen LogP contribution in [0.1, 0.15) is 9.68 Å². The summed E-state index contributed by atoms with van der Waals surface area (Å²) in [6.45, 7) is 0. The monoisotopic (exact) mass is 184 g/mol. The summed E-state index contributed by atoms with van der Waals surface area (Å²) in [6, 6.07) is 1.43. The van der Waals surface area contributed by atoms with Crippen LogP contribution in [-0.4, -0.2) is 22.2 Å². The molecule has 70 valence electrons. The van der Waals surface area contributed by atoms with Crippen LogP contribution in [0.2, 0.25) is 0 Å². The Labute approximate surface area is 79.8 Å². The van der Waals surface area contributed by atoms with Crippen molar-refractivity contribution in [1.29, 1.82) is 0 Å². The number of carbonyl (C=O) groups is 1. The van der Waals surface area contributed by atoms with Crippen molar-refractivity contribution >= 4 is 5.97 Å². The Kier molecular flexibility index (Phi) is 1.80. The molecule has 0 aliphatic rings. The van der Waals surface area contributed by atoms with Crippen molar-refractivity contribution in [1.82, 2.24) is 0 Å². The van der Waals surface area contributed by atoms with E-state index in [4.69, 9.17) is 15.0 Å². The molecule has 4 N–H and O–H groups in total. The third-order valence-corrected chi connectivity index (χ3v) is 1.36. The zero-order chi connectivity index (χ0) is 12.5. The number of phenolic OH excluding ortho intramolecular Hbond substituents is 1. The molecule has 1 aromatic rings. The van der Waals surface area contributed by atoms with E-state index in [2.05, 4.69) is 0 Å². The molecule has 0 bridgehead atoms. The van der Waals surface area contributed by atoms with E-state index in [9.17, 15) is 9.90 Å². The first kappa shape index (κ1) is 5.99. The highest BCUT2D eigenvalue weighted by molar-refractivity contribution is 5.73. The Morgan fingerprint density at radius 1 is 1.77 bits per heavy atom. The molecule has 0 saturated heterocycles. The lowest BCUT2D eigenvalue weighted by molar-refractivity contribution is -0.138. The Hall–Kier alpha value is -1.55. The van der Waals surface area contributed by atoms with Gasteiger partial charge in [-0.15, -0.1) is 0 Å². The summed E-state index contributed by atoms with van der Waals surface area (Å²) in [4.78, 5) is 10.6. The first-order valence-corrected chi connectivity index (χ1v) is 3.54. The van der Waals surface area contributed by atoms with E-state index in [1.165, 1.54) is 0 Å². The van der Waals surface area contributed by atoms with Crippen LogP contribution < -0.4 is 5.73 Å². The summed E-state index contributed by atoms with van der Waals surface area (Å²) in [5.74, 6) is -1.79. The number of carboxylic acids is 1. The Balaban J connectivity index is 3.20. The third-order valence-electron chi connectivity index (χ3n) is 1.36. The number of hydrogen-bond acceptors (Lipinski definition) is 3. The molecule has 1 aromatic carbocycles. The highest BCUT2D eigenvalue weighted by Crippen LogP contribution is 2.11. The first-order chi connectivity index (χ1) is 7.25. The number of hydrogen-bond donors (Lipinski definition) is 3. The van der Waals surface area contributed by atoms with E-state index in [0.29, 0.717) is 0 Å². The lowest BCUT2D eigenvalue weighted by Gasteiger charge is -2.05. The number of phenols is 1. The second kappa shape index (κ2) is 3.91. The lowest BCUT2D eigenvalue weighted by atomic mass is 10.1. The van der Waals surface area contributed by atoms with Crippen molar-refractivity contribution < 1.29 is 19.1 Å². The van der Waals surface area contributed by atoms with Gasteiger partial charge in [-0.2, -0.15) is 0 Å². The summed E-state index contributed by atoms with van der Waals surface area (Å²) in [5.41, 5.74) is 5.08. The molecule has 0 aliphatic heterocycles. The van der Waals surface area contributed by atoms with Gasteiger partial charge in [0.25, 0.3) is 0 Å². The van der Waals surface area contributed by atoms with E-state index >= 15 is 0 Å². The van der Waals surface area contributed by atoms with Gasteiger partial charge in [0.15, 0.2) is 0 Å².